The molecular weight excluding hydrogens is 351 g/mol. The maximum absolute atomic E-state index is 8.60. The maximum Gasteiger partial charge on any atom is 0.0777 e. The Morgan fingerprint density at radius 2 is 1.11 bits per heavy atom. The molecule has 0 aromatic heterocycles. The Morgan fingerprint density at radius 1 is 1.11 bits per heavy atom. The van der Waals surface area contributed by atoms with Crippen molar-refractivity contribution in [2.45, 2.75) is 0 Å². The fraction of sp³-hybridized carbons (Fsp3) is 0. The third kappa shape index (κ3) is 197. The van der Waals surface area contributed by atoms with E-state index in [0.717, 1.165) is 0 Å². The van der Waals surface area contributed by atoms with Crippen molar-refractivity contribution in [2.75, 3.05) is 0 Å². The van der Waals surface area contributed by atoms with E-state index in [4.69, 9.17) is 18.6 Å². The number of hydrogen-bond acceptors (Lipinski definition) is 4. The first-order valence-corrected chi connectivity index (χ1v) is 1.90. The molecule has 0 spiro atoms. The zero-order valence-electron chi connectivity index (χ0n) is 3.69. The van der Waals surface area contributed by atoms with E-state index in [1.807, 2.05) is 0 Å². The van der Waals surface area contributed by atoms with Gasteiger partial charge in [-0.1, -0.05) is 0 Å². The Kier molecular flexibility index (Phi) is 42.6. The van der Waals surface area contributed by atoms with Gasteiger partial charge in [0.05, 0.1) is 14.9 Å². The molecule has 0 saturated carbocycles. The van der Waals surface area contributed by atoms with Crippen LogP contribution >= 0.6 is 17.0 Å². The molecule has 0 atom stereocenters. The average Bonchev–Trinajstić information content (AvgIpc) is 0.722. The SMILES string of the molecule is Br.O.[Mn].[O-][Cl+3]([O-])([O-])O.[Ru]. The zero-order chi connectivity index (χ0) is 4.50. The molecule has 0 bridgehead atoms. The summed E-state index contributed by atoms with van der Waals surface area (Å²) in [7, 11) is -4.69. The van der Waals surface area contributed by atoms with E-state index in [0.29, 0.717) is 0 Å². The van der Waals surface area contributed by atoms with E-state index in [1.165, 1.54) is 0 Å². The van der Waals surface area contributed by atoms with Crippen molar-refractivity contribution in [2.24, 2.45) is 0 Å². The van der Waals surface area contributed by atoms with Gasteiger partial charge in [0.2, 0.25) is 0 Å². The molecule has 1 radical (unpaired) electrons. The fourth-order valence-corrected chi connectivity index (χ4v) is 0. The first-order valence-electron chi connectivity index (χ1n) is 0.632. The van der Waals surface area contributed by atoms with Crippen molar-refractivity contribution in [3.05, 3.63) is 0 Å². The van der Waals surface area contributed by atoms with Gasteiger partial charge in [0.1, 0.15) is 0 Å². The Morgan fingerprint density at radius 3 is 1.11 bits per heavy atom. The van der Waals surface area contributed by atoms with Crippen molar-refractivity contribution < 1.29 is 70.9 Å². The zero-order valence-corrected chi connectivity index (χ0v) is 9.08. The van der Waals surface area contributed by atoms with Crippen LogP contribution in [0.4, 0.5) is 0 Å². The van der Waals surface area contributed by atoms with Crippen LogP contribution in [-0.2, 0) is 36.5 Å². The van der Waals surface area contributed by atoms with Crippen LogP contribution in [0.25, 0.3) is 0 Å². The summed E-state index contributed by atoms with van der Waals surface area (Å²) in [5.41, 5.74) is 0. The van der Waals surface area contributed by atoms with Crippen LogP contribution in [0.2, 0.25) is 0 Å². The smallest absolute Gasteiger partial charge is 0.0777 e. The quantitative estimate of drug-likeness (QED) is 0.441. The van der Waals surface area contributed by atoms with Crippen molar-refractivity contribution >= 4 is 17.0 Å². The summed E-state index contributed by atoms with van der Waals surface area (Å²) in [5.74, 6) is 0. The van der Waals surface area contributed by atoms with E-state index in [1.54, 1.807) is 0 Å². The molecule has 0 rings (SSSR count). The monoisotopic (exact) mass is 355 g/mol. The molecule has 0 fully saturated rings. The summed E-state index contributed by atoms with van der Waals surface area (Å²) in [6.07, 6.45) is 0. The van der Waals surface area contributed by atoms with Gasteiger partial charge in [0, 0.05) is 36.5 Å². The molecule has 9 heteroatoms. The van der Waals surface area contributed by atoms with Crippen molar-refractivity contribution in [3.63, 3.8) is 0 Å². The average molecular weight is 355 g/mol. The van der Waals surface area contributed by atoms with Crippen molar-refractivity contribution in [1.29, 1.82) is 0 Å². The van der Waals surface area contributed by atoms with Crippen LogP contribution in [0, 0.1) is 10.2 Å². The molecule has 0 aromatic rings. The van der Waals surface area contributed by atoms with E-state index >= 15 is 0 Å². The standard InChI is InChI=1S/BrH.ClHO4.Mn.H2O.Ru/c;2-1(3,4)5;;;/h1H;(H,2,3,4,5);;1H2;. The predicted octanol–water partition coefficient (Wildman–Crippen LogP) is -4.38. The molecule has 0 heterocycles. The topological polar surface area (TPSA) is 121 Å². The Bertz CT molecular complexity index is 32.4. The van der Waals surface area contributed by atoms with Gasteiger partial charge < -0.3 is 5.48 Å². The Hall–Kier alpha value is 1.71. The van der Waals surface area contributed by atoms with Crippen molar-refractivity contribution in [1.82, 2.24) is 0 Å². The van der Waals surface area contributed by atoms with Gasteiger partial charge >= 0.3 is 0 Å². The van der Waals surface area contributed by atoms with Crippen LogP contribution in [0.3, 0.4) is 0 Å². The summed E-state index contributed by atoms with van der Waals surface area (Å²) in [6.45, 7) is 0. The van der Waals surface area contributed by atoms with Crippen LogP contribution in [0.5, 0.6) is 0 Å². The largest absolute Gasteiger partial charge is 0.412 e. The number of halogens is 2. The molecule has 0 aliphatic rings. The van der Waals surface area contributed by atoms with Gasteiger partial charge in [0.25, 0.3) is 0 Å². The Labute approximate surface area is 87.5 Å². The van der Waals surface area contributed by atoms with Gasteiger partial charge in [-0.25, -0.2) is 0 Å². The van der Waals surface area contributed by atoms with Crippen LogP contribution in [0.15, 0.2) is 0 Å². The molecule has 0 aromatic carbocycles. The summed E-state index contributed by atoms with van der Waals surface area (Å²) in [6, 6.07) is 0. The Balaban J connectivity index is -0.0000000133. The van der Waals surface area contributed by atoms with Crippen LogP contribution in [-0.4, -0.2) is 10.1 Å². The van der Waals surface area contributed by atoms with E-state index in [9.17, 15) is 0 Å². The van der Waals surface area contributed by atoms with Gasteiger partial charge in [0.15, 0.2) is 0 Å². The molecule has 63 valence electrons. The van der Waals surface area contributed by atoms with Gasteiger partial charge in [-0.3, -0.25) is 0 Å². The van der Waals surface area contributed by atoms with Gasteiger partial charge in [-0.05, 0) is 0 Å². The second kappa shape index (κ2) is 12.4. The second-order valence-corrected chi connectivity index (χ2v) is 1.19. The van der Waals surface area contributed by atoms with Crippen molar-refractivity contribution in [3.8, 4) is 0 Å². The molecule has 0 amide bonds. The van der Waals surface area contributed by atoms with E-state index < -0.39 is 10.2 Å². The summed E-state index contributed by atoms with van der Waals surface area (Å²) >= 11 is 0. The number of hydrogen-bond donors (Lipinski definition) is 1. The molecule has 0 aliphatic heterocycles. The predicted molar refractivity (Wildman–Crippen MR) is 16.2 cm³/mol. The molecule has 0 saturated heterocycles. The summed E-state index contributed by atoms with van der Waals surface area (Å²) in [5, 5.41) is 0. The minimum atomic E-state index is -4.69. The number of rotatable bonds is 0. The molecule has 0 unspecified atom stereocenters. The van der Waals surface area contributed by atoms with Gasteiger partial charge in [-0.15, -0.1) is 17.0 Å². The second-order valence-electron chi connectivity index (χ2n) is 0.396. The normalized spacial score (nSPS) is 6.67. The first kappa shape index (κ1) is 31.0. The summed E-state index contributed by atoms with van der Waals surface area (Å²) in [4.78, 5) is 0. The third-order valence-corrected chi connectivity index (χ3v) is 0. The minimum Gasteiger partial charge on any atom is -0.412 e. The van der Waals surface area contributed by atoms with E-state index in [-0.39, 0.29) is 59.0 Å². The molecule has 9 heavy (non-hydrogen) atoms. The first-order chi connectivity index (χ1) is 2.00. The van der Waals surface area contributed by atoms with Gasteiger partial charge in [-0.2, -0.15) is 14.0 Å². The van der Waals surface area contributed by atoms with E-state index in [2.05, 4.69) is 0 Å². The minimum absolute atomic E-state index is 0. The third-order valence-electron chi connectivity index (χ3n) is 0. The fourth-order valence-electron chi connectivity index (χ4n) is 0. The summed E-state index contributed by atoms with van der Waals surface area (Å²) < 4.78 is 32.7. The molecular formula is H4BrClMnO5Ru. The molecule has 0 aliphatic carbocycles. The van der Waals surface area contributed by atoms with Crippen LogP contribution < -0.4 is 14.0 Å². The maximum atomic E-state index is 8.60. The van der Waals surface area contributed by atoms with Crippen LogP contribution in [0.1, 0.15) is 0 Å². The molecule has 5 nitrogen and oxygen atoms in total. The molecule has 3 N–H and O–H groups in total.